The van der Waals surface area contributed by atoms with E-state index in [2.05, 4.69) is 10.3 Å². The van der Waals surface area contributed by atoms with Crippen LogP contribution in [0.4, 0.5) is 0 Å². The lowest BCUT2D eigenvalue weighted by Crippen LogP contribution is -2.12. The van der Waals surface area contributed by atoms with Crippen LogP contribution >= 0.6 is 0 Å². The number of nitrogens with one attached hydrogen (secondary N) is 1. The molecule has 3 heteroatoms. The molecule has 3 nitrogen and oxygen atoms in total. The van der Waals surface area contributed by atoms with E-state index in [4.69, 9.17) is 5.11 Å². The predicted molar refractivity (Wildman–Crippen MR) is 20.0 cm³/mol. The summed E-state index contributed by atoms with van der Waals surface area (Å²) in [6, 6.07) is 0. The highest BCUT2D eigenvalue weighted by Crippen LogP contribution is 1.87. The van der Waals surface area contributed by atoms with Crippen LogP contribution in [0.15, 0.2) is 0 Å². The summed E-state index contributed by atoms with van der Waals surface area (Å²) < 4.78 is 0. The number of aliphatic hydroxyl groups excluding tert-OH is 1. The summed E-state index contributed by atoms with van der Waals surface area (Å²) >= 11 is 0. The zero-order chi connectivity index (χ0) is 4.41. The van der Waals surface area contributed by atoms with E-state index >= 15 is 0 Å². The van der Waals surface area contributed by atoms with Crippen LogP contribution in [-0.2, 0) is 4.84 Å². The van der Waals surface area contributed by atoms with Crippen molar-refractivity contribution in [2.45, 2.75) is 6.10 Å². The van der Waals surface area contributed by atoms with Crippen LogP contribution < -0.4 is 5.48 Å². The van der Waals surface area contributed by atoms with Crippen molar-refractivity contribution in [3.63, 3.8) is 0 Å². The smallest absolute Gasteiger partial charge is 0.0955 e. The fraction of sp³-hybridized carbons (Fsp3) is 1.00. The molecule has 1 saturated heterocycles. The Bertz CT molecular complexity index is 42.1. The number of aliphatic hydroxyl groups is 1. The van der Waals surface area contributed by atoms with Gasteiger partial charge < -0.3 is 5.11 Å². The molecule has 0 unspecified atom stereocenters. The van der Waals surface area contributed by atoms with Gasteiger partial charge in [-0.3, -0.25) is 4.84 Å². The summed E-state index contributed by atoms with van der Waals surface area (Å²) in [7, 11) is 0. The summed E-state index contributed by atoms with van der Waals surface area (Å²) in [4.78, 5) is 4.56. The first-order chi connectivity index (χ1) is 2.89. The normalized spacial score (nSPS) is 34.5. The molecule has 1 aliphatic heterocycles. The molecular formula is C3H7NO2. The fourth-order valence-electron chi connectivity index (χ4n) is 0.369. The van der Waals surface area contributed by atoms with E-state index in [1.165, 1.54) is 0 Å². The Balaban J connectivity index is 2.18. The monoisotopic (exact) mass is 89.0 g/mol. The van der Waals surface area contributed by atoms with Gasteiger partial charge in [0.1, 0.15) is 0 Å². The van der Waals surface area contributed by atoms with Crippen LogP contribution in [0.25, 0.3) is 0 Å². The molecule has 1 aliphatic rings. The lowest BCUT2D eigenvalue weighted by atomic mass is 10.4. The fourth-order valence-corrected chi connectivity index (χ4v) is 0.369. The second kappa shape index (κ2) is 1.55. The first-order valence-electron chi connectivity index (χ1n) is 1.92. The Hall–Kier alpha value is -0.120. The third-order valence-corrected chi connectivity index (χ3v) is 0.697. The summed E-state index contributed by atoms with van der Waals surface area (Å²) in [6.07, 6.45) is -0.287. The number of hydrogen-bond donors (Lipinski definition) is 2. The number of β-amino-alcohol motifs (C(OH)–C–C–N with tert-alkyl or cyclic N) is 1. The van der Waals surface area contributed by atoms with Gasteiger partial charge >= 0.3 is 0 Å². The molecule has 0 radical (unpaired) electrons. The maximum Gasteiger partial charge on any atom is 0.0955 e. The summed E-state index contributed by atoms with van der Waals surface area (Å²) in [6.45, 7) is 1.00. The molecule has 0 aliphatic carbocycles. The van der Waals surface area contributed by atoms with Gasteiger partial charge in [0.25, 0.3) is 0 Å². The summed E-state index contributed by atoms with van der Waals surface area (Å²) in [5.41, 5.74) is 2.52. The Labute approximate surface area is 35.9 Å². The minimum Gasteiger partial charge on any atom is -0.389 e. The minimum absolute atomic E-state index is 0.287. The van der Waals surface area contributed by atoms with Gasteiger partial charge in [-0.15, -0.1) is 0 Å². The molecule has 0 aromatic carbocycles. The van der Waals surface area contributed by atoms with Crippen molar-refractivity contribution in [1.82, 2.24) is 5.48 Å². The van der Waals surface area contributed by atoms with Gasteiger partial charge in [-0.2, -0.15) is 5.48 Å². The molecule has 2 N–H and O–H groups in total. The molecule has 0 bridgehead atoms. The van der Waals surface area contributed by atoms with E-state index < -0.39 is 0 Å². The van der Waals surface area contributed by atoms with Gasteiger partial charge in [-0.1, -0.05) is 0 Å². The zero-order valence-corrected chi connectivity index (χ0v) is 3.35. The van der Waals surface area contributed by atoms with Crippen LogP contribution in [0.2, 0.25) is 0 Å². The Kier molecular flexibility index (Phi) is 1.05. The molecule has 0 saturated carbocycles. The molecule has 1 fully saturated rings. The molecule has 0 spiro atoms. The molecular weight excluding hydrogens is 82.0 g/mol. The SMILES string of the molecule is O[C@H]1CNOC1. The molecule has 0 aromatic rings. The van der Waals surface area contributed by atoms with E-state index in [9.17, 15) is 0 Å². The van der Waals surface area contributed by atoms with Crippen molar-refractivity contribution in [3.8, 4) is 0 Å². The first-order valence-corrected chi connectivity index (χ1v) is 1.92. The lowest BCUT2D eigenvalue weighted by molar-refractivity contribution is 0.0792. The van der Waals surface area contributed by atoms with E-state index in [0.717, 1.165) is 0 Å². The maximum absolute atomic E-state index is 8.54. The summed E-state index contributed by atoms with van der Waals surface area (Å²) in [5.74, 6) is 0. The highest BCUT2D eigenvalue weighted by Gasteiger charge is 2.09. The Morgan fingerprint density at radius 2 is 2.67 bits per heavy atom. The van der Waals surface area contributed by atoms with Crippen molar-refractivity contribution in [3.05, 3.63) is 0 Å². The largest absolute Gasteiger partial charge is 0.389 e. The van der Waals surface area contributed by atoms with Crippen LogP contribution in [0.1, 0.15) is 0 Å². The molecule has 1 rings (SSSR count). The maximum atomic E-state index is 8.54. The van der Waals surface area contributed by atoms with Crippen molar-refractivity contribution in [1.29, 1.82) is 0 Å². The predicted octanol–water partition coefficient (Wildman–Crippen LogP) is -1.12. The van der Waals surface area contributed by atoms with Crippen molar-refractivity contribution >= 4 is 0 Å². The van der Waals surface area contributed by atoms with Gasteiger partial charge in [0.15, 0.2) is 0 Å². The van der Waals surface area contributed by atoms with Crippen molar-refractivity contribution < 1.29 is 9.94 Å². The van der Waals surface area contributed by atoms with Crippen LogP contribution in [-0.4, -0.2) is 24.4 Å². The van der Waals surface area contributed by atoms with Gasteiger partial charge in [0.05, 0.1) is 12.7 Å². The van der Waals surface area contributed by atoms with Crippen LogP contribution in [0, 0.1) is 0 Å². The zero-order valence-electron chi connectivity index (χ0n) is 3.35. The highest BCUT2D eigenvalue weighted by molar-refractivity contribution is 4.57. The second-order valence-corrected chi connectivity index (χ2v) is 1.31. The molecule has 6 heavy (non-hydrogen) atoms. The van der Waals surface area contributed by atoms with Crippen LogP contribution in [0.5, 0.6) is 0 Å². The third-order valence-electron chi connectivity index (χ3n) is 0.697. The molecule has 36 valence electrons. The number of rotatable bonds is 0. The quantitative estimate of drug-likeness (QED) is 0.395. The second-order valence-electron chi connectivity index (χ2n) is 1.31. The highest BCUT2D eigenvalue weighted by atomic mass is 16.7. The van der Waals surface area contributed by atoms with Gasteiger partial charge in [-0.05, 0) is 0 Å². The third kappa shape index (κ3) is 0.680. The topological polar surface area (TPSA) is 41.5 Å². The summed E-state index contributed by atoms with van der Waals surface area (Å²) in [5, 5.41) is 8.54. The first kappa shape index (κ1) is 4.05. The average Bonchev–Trinajstić information content (AvgIpc) is 1.86. The van der Waals surface area contributed by atoms with Crippen molar-refractivity contribution in [2.75, 3.05) is 13.2 Å². The van der Waals surface area contributed by atoms with E-state index in [1.807, 2.05) is 0 Å². The number of hydrogen-bond acceptors (Lipinski definition) is 3. The van der Waals surface area contributed by atoms with E-state index in [0.29, 0.717) is 13.2 Å². The Morgan fingerprint density at radius 3 is 2.83 bits per heavy atom. The van der Waals surface area contributed by atoms with Crippen LogP contribution in [0.3, 0.4) is 0 Å². The molecule has 0 aromatic heterocycles. The molecule has 1 heterocycles. The van der Waals surface area contributed by atoms with E-state index in [-0.39, 0.29) is 6.10 Å². The number of hydroxylamine groups is 1. The standard InChI is InChI=1S/C3H7NO2/c5-3-1-4-6-2-3/h3-5H,1-2H2/t3-/m0/s1. The van der Waals surface area contributed by atoms with Crippen molar-refractivity contribution in [2.24, 2.45) is 0 Å². The van der Waals surface area contributed by atoms with E-state index in [1.54, 1.807) is 0 Å². The molecule has 0 amide bonds. The average molecular weight is 89.1 g/mol. The minimum atomic E-state index is -0.287. The Morgan fingerprint density at radius 1 is 1.83 bits per heavy atom. The lowest BCUT2D eigenvalue weighted by Gasteiger charge is -1.87. The van der Waals surface area contributed by atoms with Gasteiger partial charge in [0.2, 0.25) is 0 Å². The van der Waals surface area contributed by atoms with Gasteiger partial charge in [0, 0.05) is 6.54 Å². The van der Waals surface area contributed by atoms with Gasteiger partial charge in [-0.25, -0.2) is 0 Å². The molecule has 1 atom stereocenters.